The van der Waals surface area contributed by atoms with Gasteiger partial charge in [-0.25, -0.2) is 4.98 Å². The quantitative estimate of drug-likeness (QED) is 0.508. The van der Waals surface area contributed by atoms with Gasteiger partial charge in [-0.2, -0.15) is 4.98 Å². The van der Waals surface area contributed by atoms with Crippen LogP contribution in [0.3, 0.4) is 0 Å². The molecule has 0 atom stereocenters. The molecule has 20 heavy (non-hydrogen) atoms. The summed E-state index contributed by atoms with van der Waals surface area (Å²) in [5.74, 6) is 4.03. The van der Waals surface area contributed by atoms with Crippen LogP contribution in [0.15, 0.2) is 6.20 Å². The van der Waals surface area contributed by atoms with Crippen LogP contribution in [0.25, 0.3) is 0 Å². The monoisotopic (exact) mass is 307 g/mol. The summed E-state index contributed by atoms with van der Waals surface area (Å²) in [6, 6.07) is 0.488. The van der Waals surface area contributed by atoms with Crippen LogP contribution in [0, 0.1) is 11.5 Å². The van der Waals surface area contributed by atoms with Gasteiger partial charge >= 0.3 is 0 Å². The Kier molecular flexibility index (Phi) is 5.06. The lowest BCUT2D eigenvalue weighted by molar-refractivity contribution is 0.461. The first-order valence-electron chi connectivity index (χ1n) is 7.26. The van der Waals surface area contributed by atoms with E-state index in [0.29, 0.717) is 6.04 Å². The molecule has 1 aliphatic carbocycles. The van der Waals surface area contributed by atoms with Gasteiger partial charge in [0, 0.05) is 12.2 Å². The third-order valence-electron chi connectivity index (χ3n) is 3.28. The molecule has 1 aliphatic rings. The first-order chi connectivity index (χ1) is 9.44. The van der Waals surface area contributed by atoms with Crippen LogP contribution in [-0.4, -0.2) is 24.1 Å². The largest absolute Gasteiger partial charge is 0.366 e. The fourth-order valence-electron chi connectivity index (χ4n) is 2.26. The Morgan fingerprint density at radius 2 is 1.95 bits per heavy atom. The molecule has 5 heteroatoms. The van der Waals surface area contributed by atoms with Crippen LogP contribution in [0.1, 0.15) is 37.7 Å². The Labute approximate surface area is 127 Å². The van der Waals surface area contributed by atoms with Crippen molar-refractivity contribution in [3.8, 4) is 11.5 Å². The summed E-state index contributed by atoms with van der Waals surface area (Å²) in [5, 5.41) is 3.78. The number of hydrogen-bond donors (Lipinski definition) is 1. The highest BCUT2D eigenvalue weighted by Crippen LogP contribution is 2.22. The Bertz CT molecular complexity index is 522. The number of aromatic nitrogens is 2. The molecule has 0 amide bonds. The zero-order valence-electron chi connectivity index (χ0n) is 12.5. The molecule has 1 aromatic heterocycles. The van der Waals surface area contributed by atoms with Gasteiger partial charge in [-0.05, 0) is 24.4 Å². The lowest BCUT2D eigenvalue weighted by Crippen LogP contribution is -2.23. The lowest BCUT2D eigenvalue weighted by atomic mass is 9.95. The highest BCUT2D eigenvalue weighted by molar-refractivity contribution is 6.83. The van der Waals surface area contributed by atoms with Crippen molar-refractivity contribution in [2.75, 3.05) is 5.32 Å². The molecule has 0 saturated heterocycles. The fourth-order valence-corrected chi connectivity index (χ4v) is 2.90. The minimum Gasteiger partial charge on any atom is -0.366 e. The summed E-state index contributed by atoms with van der Waals surface area (Å²) in [4.78, 5) is 8.38. The lowest BCUT2D eigenvalue weighted by Gasteiger charge is -2.23. The molecule has 3 nitrogen and oxygen atoms in total. The first kappa shape index (κ1) is 15.3. The summed E-state index contributed by atoms with van der Waals surface area (Å²) in [6.07, 6.45) is 8.03. The van der Waals surface area contributed by atoms with Crippen molar-refractivity contribution < 1.29 is 0 Å². The summed E-state index contributed by atoms with van der Waals surface area (Å²) >= 11 is 5.92. The Hall–Kier alpha value is -1.05. The molecule has 1 N–H and O–H groups in total. The van der Waals surface area contributed by atoms with Crippen molar-refractivity contribution >= 4 is 25.5 Å². The van der Waals surface area contributed by atoms with Gasteiger partial charge in [0.2, 0.25) is 5.28 Å². The SMILES string of the molecule is C[Si](C)(C)C#Cc1cnc(Cl)nc1NC1CCCCC1. The number of halogens is 1. The van der Waals surface area contributed by atoms with Crippen molar-refractivity contribution in [1.29, 1.82) is 0 Å². The van der Waals surface area contributed by atoms with E-state index in [2.05, 4.69) is 46.4 Å². The molecule has 1 fully saturated rings. The van der Waals surface area contributed by atoms with E-state index in [1.54, 1.807) is 6.20 Å². The summed E-state index contributed by atoms with van der Waals surface area (Å²) in [6.45, 7) is 6.68. The molecule has 0 bridgehead atoms. The Morgan fingerprint density at radius 3 is 2.60 bits per heavy atom. The minimum absolute atomic E-state index is 0.280. The average molecular weight is 308 g/mol. The van der Waals surface area contributed by atoms with Crippen molar-refractivity contribution in [3.63, 3.8) is 0 Å². The van der Waals surface area contributed by atoms with E-state index in [4.69, 9.17) is 11.6 Å². The average Bonchev–Trinajstić information content (AvgIpc) is 2.38. The predicted molar refractivity (Wildman–Crippen MR) is 87.8 cm³/mol. The summed E-state index contributed by atoms with van der Waals surface area (Å²) in [7, 11) is -1.41. The van der Waals surface area contributed by atoms with Gasteiger partial charge in [-0.3, -0.25) is 0 Å². The van der Waals surface area contributed by atoms with E-state index in [9.17, 15) is 0 Å². The summed E-state index contributed by atoms with van der Waals surface area (Å²) < 4.78 is 0. The maximum Gasteiger partial charge on any atom is 0.224 e. The molecular formula is C15H22ClN3Si. The second-order valence-corrected chi connectivity index (χ2v) is 11.5. The van der Waals surface area contributed by atoms with Crippen LogP contribution in [0.2, 0.25) is 24.9 Å². The standard InChI is InChI=1S/C15H22ClN3Si/c1-20(2,3)10-9-12-11-17-15(16)19-14(12)18-13-7-5-4-6-8-13/h11,13H,4-8H2,1-3H3,(H,17,18,19). The van der Waals surface area contributed by atoms with Gasteiger partial charge < -0.3 is 5.32 Å². The third-order valence-corrected chi connectivity index (χ3v) is 4.33. The highest BCUT2D eigenvalue weighted by Gasteiger charge is 2.16. The maximum atomic E-state index is 5.92. The molecule has 1 heterocycles. The van der Waals surface area contributed by atoms with Crippen molar-refractivity contribution in [2.45, 2.75) is 57.8 Å². The van der Waals surface area contributed by atoms with E-state index < -0.39 is 8.07 Å². The zero-order chi connectivity index (χ0) is 14.6. The molecular weight excluding hydrogens is 286 g/mol. The molecule has 0 spiro atoms. The second-order valence-electron chi connectivity index (χ2n) is 6.38. The molecule has 0 unspecified atom stereocenters. The normalized spacial score (nSPS) is 16.4. The molecule has 108 valence electrons. The van der Waals surface area contributed by atoms with Crippen molar-refractivity contribution in [3.05, 3.63) is 17.0 Å². The molecule has 1 aromatic rings. The molecule has 2 rings (SSSR count). The highest BCUT2D eigenvalue weighted by atomic mass is 35.5. The van der Waals surface area contributed by atoms with Gasteiger partial charge in [-0.15, -0.1) is 5.54 Å². The van der Waals surface area contributed by atoms with E-state index in [0.717, 1.165) is 11.4 Å². The topological polar surface area (TPSA) is 37.8 Å². The van der Waals surface area contributed by atoms with Crippen LogP contribution < -0.4 is 5.32 Å². The molecule has 0 aromatic carbocycles. The van der Waals surface area contributed by atoms with Crippen LogP contribution >= 0.6 is 11.6 Å². The molecule has 1 saturated carbocycles. The number of nitrogens with zero attached hydrogens (tertiary/aromatic N) is 2. The van der Waals surface area contributed by atoms with Crippen molar-refractivity contribution in [2.24, 2.45) is 0 Å². The summed E-state index contributed by atoms with van der Waals surface area (Å²) in [5.41, 5.74) is 4.22. The Morgan fingerprint density at radius 1 is 1.25 bits per heavy atom. The molecule has 0 aliphatic heterocycles. The number of anilines is 1. The minimum atomic E-state index is -1.41. The van der Waals surface area contributed by atoms with Gasteiger partial charge in [0.05, 0.1) is 5.56 Å². The number of rotatable bonds is 2. The number of nitrogens with one attached hydrogen (secondary N) is 1. The van der Waals surface area contributed by atoms with Gasteiger partial charge in [-0.1, -0.05) is 44.8 Å². The van der Waals surface area contributed by atoms with E-state index in [-0.39, 0.29) is 5.28 Å². The fraction of sp³-hybridized carbons (Fsp3) is 0.600. The van der Waals surface area contributed by atoms with E-state index in [1.165, 1.54) is 32.1 Å². The van der Waals surface area contributed by atoms with Crippen LogP contribution in [0.5, 0.6) is 0 Å². The maximum absolute atomic E-state index is 5.92. The van der Waals surface area contributed by atoms with E-state index in [1.807, 2.05) is 0 Å². The van der Waals surface area contributed by atoms with Gasteiger partial charge in [0.1, 0.15) is 13.9 Å². The smallest absolute Gasteiger partial charge is 0.224 e. The third kappa shape index (κ3) is 4.81. The van der Waals surface area contributed by atoms with Gasteiger partial charge in [0.25, 0.3) is 0 Å². The Balaban J connectivity index is 2.20. The van der Waals surface area contributed by atoms with Gasteiger partial charge in [0.15, 0.2) is 0 Å². The predicted octanol–water partition coefficient (Wildman–Crippen LogP) is 4.10. The molecule has 0 radical (unpaired) electrons. The van der Waals surface area contributed by atoms with Crippen molar-refractivity contribution in [1.82, 2.24) is 9.97 Å². The second kappa shape index (κ2) is 6.60. The van der Waals surface area contributed by atoms with Crippen LogP contribution in [0.4, 0.5) is 5.82 Å². The van der Waals surface area contributed by atoms with E-state index >= 15 is 0 Å². The first-order valence-corrected chi connectivity index (χ1v) is 11.1. The number of hydrogen-bond acceptors (Lipinski definition) is 3. The van der Waals surface area contributed by atoms with Crippen LogP contribution in [-0.2, 0) is 0 Å². The zero-order valence-corrected chi connectivity index (χ0v) is 14.2.